The van der Waals surface area contributed by atoms with Gasteiger partial charge in [0, 0.05) is 166 Å². The number of carboxylic acid groups (broad SMARTS) is 4. The number of carbonyl (C=O) groups is 4. The quantitative estimate of drug-likeness (QED) is 0.0622. The maximum absolute atomic E-state index is 11.7. The van der Waals surface area contributed by atoms with Gasteiger partial charge in [0.2, 0.25) is 0 Å². The number of aromatic hydroxyl groups is 4. The zero-order chi connectivity index (χ0) is 85.3. The molecule has 0 atom stereocenters. The molecule has 0 spiro atoms. The second-order valence-corrected chi connectivity index (χ2v) is 31.4. The fraction of sp³-hybridized carbons (Fsp3) is 0.250. The molecular formula is C96H114Co2N8O18. The summed E-state index contributed by atoms with van der Waals surface area (Å²) in [7, 11) is 1.68. The van der Waals surface area contributed by atoms with Crippen LogP contribution < -0.4 is 0 Å². The Bertz CT molecular complexity index is 5140. The largest absolute Gasteiger partial charge is 0.507 e. The molecule has 28 heteroatoms. The summed E-state index contributed by atoms with van der Waals surface area (Å²) < 4.78 is 4.54. The van der Waals surface area contributed by atoms with Crippen LogP contribution in [0.25, 0.3) is 134 Å². The van der Waals surface area contributed by atoms with E-state index < -0.39 is 23.9 Å². The number of nitrogens with zero attached hydrogens (tertiary/aromatic N) is 8. The number of hydrogen-bond donors (Lipinski definition) is 8. The predicted octanol–water partition coefficient (Wildman–Crippen LogP) is 18.0. The number of benzene rings is 6. The number of aliphatic carboxylic acids is 4. The normalized spacial score (nSPS) is 10.4. The number of rotatable bonds is 9. The average Bonchev–Trinajstić information content (AvgIpc) is 0.758. The van der Waals surface area contributed by atoms with Gasteiger partial charge in [0.1, 0.15) is 23.0 Å². The molecule has 8 heterocycles. The van der Waals surface area contributed by atoms with Crippen LogP contribution in [-0.2, 0) is 79.1 Å². The van der Waals surface area contributed by atoms with Gasteiger partial charge in [0.15, 0.2) is 0 Å². The van der Waals surface area contributed by atoms with Crippen molar-refractivity contribution in [2.75, 3.05) is 13.7 Å². The monoisotopic (exact) mass is 1780 g/mol. The van der Waals surface area contributed by atoms with Gasteiger partial charge in [-0.3, -0.25) is 39.1 Å². The Morgan fingerprint density at radius 2 is 0.435 bits per heavy atom. The second-order valence-electron chi connectivity index (χ2n) is 31.4. The molecule has 14 aromatic rings. The molecule has 0 amide bonds. The Labute approximate surface area is 743 Å². The third-order valence-corrected chi connectivity index (χ3v) is 18.1. The zero-order valence-corrected chi connectivity index (χ0v) is 73.9. The van der Waals surface area contributed by atoms with Gasteiger partial charge < -0.3 is 73.0 Å². The van der Waals surface area contributed by atoms with E-state index in [-0.39, 0.29) is 113 Å². The van der Waals surface area contributed by atoms with Gasteiger partial charge in [-0.15, -0.1) is 0 Å². The molecule has 2 radical (unpaired) electrons. The maximum atomic E-state index is 11.7. The Kier molecular flexibility index (Phi) is 43.4. The Hall–Kier alpha value is -12.6. The van der Waals surface area contributed by atoms with Gasteiger partial charge in [-0.25, -0.2) is 19.9 Å². The van der Waals surface area contributed by atoms with Crippen molar-refractivity contribution in [2.45, 2.75) is 147 Å². The smallest absolute Gasteiger partial charge is 0.300 e. The van der Waals surface area contributed by atoms with Crippen LogP contribution in [0.3, 0.4) is 0 Å². The summed E-state index contributed by atoms with van der Waals surface area (Å²) in [6, 6.07) is 62.9. The summed E-state index contributed by atoms with van der Waals surface area (Å²) in [4.78, 5) is 74.8. The van der Waals surface area contributed by atoms with Crippen LogP contribution in [0.4, 0.5) is 0 Å². The molecule has 26 nitrogen and oxygen atoms in total. The van der Waals surface area contributed by atoms with Crippen LogP contribution in [0, 0.1) is 0 Å². The molecule has 0 aliphatic heterocycles. The van der Waals surface area contributed by atoms with Gasteiger partial charge in [-0.05, 0) is 172 Å². The van der Waals surface area contributed by atoms with Gasteiger partial charge in [0.25, 0.3) is 23.9 Å². The van der Waals surface area contributed by atoms with Crippen molar-refractivity contribution >= 4 is 67.5 Å². The molecule has 124 heavy (non-hydrogen) atoms. The number of aromatic nitrogens is 8. The van der Waals surface area contributed by atoms with Crippen molar-refractivity contribution in [3.63, 3.8) is 0 Å². The summed E-state index contributed by atoms with van der Waals surface area (Å²) in [5, 5.41) is 80.1. The standard InChI is InChI=1S/2C42H38N4O2.C3H8O.4C2H4O2.CH4.2Co.5H2O/c2*1-41(2,3)27-21-29(33-11-7-9-19-43-33)39(47)31(23-27)35-17-15-25-13-14-26-16-18-36(46-38(26)37(25)45-35)32-24-28(42(4,5)6)22-30(40(32)48)34-12-8-10-20-44-34;1-3-4-2;4*1-2(3)4;;;;;;;;/h2*7-24,47-48H,1-6H3;3H2,1-2H3;4*1H3,(H,3,4);1H4;;;5*1H2. The number of hydrogen-bond acceptors (Lipinski definition) is 17. The van der Waals surface area contributed by atoms with Gasteiger partial charge in [-0.1, -0.05) is 163 Å². The first-order valence-electron chi connectivity index (χ1n) is 37.5. The Morgan fingerprint density at radius 3 is 0.565 bits per heavy atom. The van der Waals surface area contributed by atoms with Crippen LogP contribution >= 0.6 is 0 Å². The number of phenolic OH excluding ortho intramolecular Hbond substituents is 4. The first kappa shape index (κ1) is 111. The minimum absolute atomic E-state index is 0. The summed E-state index contributed by atoms with van der Waals surface area (Å²) in [6.45, 7) is 33.0. The fourth-order valence-corrected chi connectivity index (χ4v) is 12.1. The van der Waals surface area contributed by atoms with E-state index in [9.17, 15) is 20.4 Å². The van der Waals surface area contributed by atoms with Gasteiger partial charge in [0.05, 0.1) is 67.6 Å². The van der Waals surface area contributed by atoms with Crippen LogP contribution in [-0.4, -0.2) is 146 Å². The maximum Gasteiger partial charge on any atom is 0.300 e. The van der Waals surface area contributed by atoms with Crippen molar-refractivity contribution in [1.29, 1.82) is 0 Å². The SMILES string of the molecule is C.CC(=O)O.CC(=O)O.CC(=O)O.CC(=O)O.CC(C)(C)c1cc(-c2ccccn2)c(O)c(-c2ccc3ccc4ccc(-c5cc(C(C)(C)C)cc(-c6ccccn6)c5O)nc4c3n2)c1.CC(C)(C)c1cc(-c2ccccn2)c(O)c(-c2ccc3ccc4ccc(-c5cc(C(C)(C)C)cc(-c6ccccn6)c5O)nc4c3n2)c1.CCOC.O.O.O.O.O.[Co].[Co]. The van der Waals surface area contributed by atoms with Crippen LogP contribution in [0.5, 0.6) is 23.0 Å². The summed E-state index contributed by atoms with van der Waals surface area (Å²) in [5.74, 6) is -2.80. The Morgan fingerprint density at radius 1 is 0.290 bits per heavy atom. The fourth-order valence-electron chi connectivity index (χ4n) is 12.1. The van der Waals surface area contributed by atoms with E-state index in [2.05, 4.69) is 108 Å². The van der Waals surface area contributed by atoms with Gasteiger partial charge in [-0.2, -0.15) is 0 Å². The topological polar surface area (TPSA) is 500 Å². The number of ether oxygens (including phenoxy) is 1. The first-order valence-corrected chi connectivity index (χ1v) is 37.5. The molecule has 8 aromatic heterocycles. The van der Waals surface area contributed by atoms with E-state index >= 15 is 0 Å². The molecule has 14 rings (SSSR count). The predicted molar refractivity (Wildman–Crippen MR) is 486 cm³/mol. The van der Waals surface area contributed by atoms with Crippen LogP contribution in [0.2, 0.25) is 0 Å². The molecule has 0 fully saturated rings. The number of phenols is 4. The molecule has 0 saturated heterocycles. The van der Waals surface area contributed by atoms with E-state index in [1.54, 1.807) is 31.9 Å². The second kappa shape index (κ2) is 48.3. The van der Waals surface area contributed by atoms with Crippen LogP contribution in [0.1, 0.15) is 147 Å². The molecular weight excluding hydrogens is 1670 g/mol. The van der Waals surface area contributed by atoms with Crippen molar-refractivity contribution in [2.24, 2.45) is 0 Å². The molecule has 0 unspecified atom stereocenters. The van der Waals surface area contributed by atoms with E-state index in [1.807, 2.05) is 201 Å². The van der Waals surface area contributed by atoms with Crippen molar-refractivity contribution < 1.29 is 126 Å². The number of methoxy groups -OCH3 is 1. The first-order chi connectivity index (χ1) is 54.6. The van der Waals surface area contributed by atoms with Crippen molar-refractivity contribution in [3.8, 4) is 113 Å². The zero-order valence-electron chi connectivity index (χ0n) is 71.9. The molecule has 0 aliphatic carbocycles. The summed E-state index contributed by atoms with van der Waals surface area (Å²) in [5.41, 5.74) is 16.9. The number of fused-ring (bicyclic) bond motifs is 6. The third-order valence-electron chi connectivity index (χ3n) is 18.1. The van der Waals surface area contributed by atoms with Crippen molar-refractivity contribution in [1.82, 2.24) is 39.9 Å². The van der Waals surface area contributed by atoms with E-state index in [1.165, 1.54) is 0 Å². The molecule has 0 bridgehead atoms. The van der Waals surface area contributed by atoms with E-state index in [0.717, 1.165) is 78.1 Å². The minimum atomic E-state index is -0.833. The van der Waals surface area contributed by atoms with Crippen molar-refractivity contribution in [3.05, 3.63) is 241 Å². The van der Waals surface area contributed by atoms with Crippen LogP contribution in [0.15, 0.2) is 219 Å². The number of carboxylic acids is 4. The average molecular weight is 1790 g/mol. The third kappa shape index (κ3) is 29.0. The molecule has 18 N–H and O–H groups in total. The molecule has 0 aliphatic rings. The van der Waals surface area contributed by atoms with Gasteiger partial charge >= 0.3 is 0 Å². The minimum Gasteiger partial charge on any atom is -0.507 e. The molecule has 664 valence electrons. The summed E-state index contributed by atoms with van der Waals surface area (Å²) >= 11 is 0. The van der Waals surface area contributed by atoms with E-state index in [0.29, 0.717) is 112 Å². The van der Waals surface area contributed by atoms with E-state index in [4.69, 9.17) is 59.5 Å². The number of pyridine rings is 8. The molecule has 6 aromatic carbocycles. The molecule has 0 saturated carbocycles. The Balaban J connectivity index is 0.00000190. The summed E-state index contributed by atoms with van der Waals surface area (Å²) in [6.07, 6.45) is 6.93.